The predicted octanol–water partition coefficient (Wildman–Crippen LogP) is 2.25. The van der Waals surface area contributed by atoms with Crippen molar-refractivity contribution in [3.63, 3.8) is 0 Å². The van der Waals surface area contributed by atoms with Crippen molar-refractivity contribution in [3.8, 4) is 5.75 Å². The van der Waals surface area contributed by atoms with Crippen molar-refractivity contribution in [3.05, 3.63) is 53.5 Å². The predicted molar refractivity (Wildman–Crippen MR) is 63.4 cm³/mol. The van der Waals surface area contributed by atoms with Crippen LogP contribution in [0.15, 0.2) is 40.8 Å². The van der Waals surface area contributed by atoms with Gasteiger partial charge in [0.15, 0.2) is 5.75 Å². The summed E-state index contributed by atoms with van der Waals surface area (Å²) in [5.41, 5.74) is 0.830. The molecule has 0 bridgehead atoms. The van der Waals surface area contributed by atoms with Crippen LogP contribution in [0.4, 0.5) is 0 Å². The van der Waals surface area contributed by atoms with E-state index < -0.39 is 23.5 Å². The first kappa shape index (κ1) is 12.7. The first-order valence-electron chi connectivity index (χ1n) is 5.35. The summed E-state index contributed by atoms with van der Waals surface area (Å²) in [7, 11) is 0. The number of benzene rings is 1. The molecule has 0 saturated carbocycles. The minimum Gasteiger partial charge on any atom is -0.485 e. The van der Waals surface area contributed by atoms with Gasteiger partial charge in [-0.25, -0.2) is 9.59 Å². The molecule has 0 aliphatic rings. The van der Waals surface area contributed by atoms with Gasteiger partial charge in [0.2, 0.25) is 5.76 Å². The highest BCUT2D eigenvalue weighted by Crippen LogP contribution is 2.24. The second-order valence-corrected chi connectivity index (χ2v) is 3.69. The van der Waals surface area contributed by atoms with E-state index in [-0.39, 0.29) is 12.4 Å². The number of furan rings is 1. The molecule has 98 valence electrons. The Hall–Kier alpha value is -2.76. The maximum Gasteiger partial charge on any atom is 0.375 e. The van der Waals surface area contributed by atoms with Crippen LogP contribution in [0, 0.1) is 0 Å². The minimum atomic E-state index is -1.38. The second kappa shape index (κ2) is 5.26. The second-order valence-electron chi connectivity index (χ2n) is 3.69. The van der Waals surface area contributed by atoms with Gasteiger partial charge >= 0.3 is 11.9 Å². The lowest BCUT2D eigenvalue weighted by Gasteiger charge is -2.03. The lowest BCUT2D eigenvalue weighted by Crippen LogP contribution is -2.00. The van der Waals surface area contributed by atoms with Crippen LogP contribution in [0.3, 0.4) is 0 Å². The van der Waals surface area contributed by atoms with Gasteiger partial charge in [-0.1, -0.05) is 30.3 Å². The molecule has 1 aromatic carbocycles. The molecular weight excluding hydrogens is 252 g/mol. The molecule has 0 unspecified atom stereocenters. The van der Waals surface area contributed by atoms with Gasteiger partial charge in [-0.05, 0) is 5.56 Å². The highest BCUT2D eigenvalue weighted by molar-refractivity contribution is 5.91. The van der Waals surface area contributed by atoms with Crippen LogP contribution in [0.5, 0.6) is 5.75 Å². The molecule has 6 heteroatoms. The number of hydrogen-bond acceptors (Lipinski definition) is 4. The van der Waals surface area contributed by atoms with Gasteiger partial charge in [0.05, 0.1) is 0 Å². The van der Waals surface area contributed by atoms with Gasteiger partial charge in [-0.3, -0.25) is 0 Å². The zero-order valence-corrected chi connectivity index (χ0v) is 9.70. The van der Waals surface area contributed by atoms with E-state index in [1.165, 1.54) is 0 Å². The summed E-state index contributed by atoms with van der Waals surface area (Å²) in [5.74, 6) is -3.82. The molecule has 0 saturated heterocycles. The molecule has 6 nitrogen and oxygen atoms in total. The summed E-state index contributed by atoms with van der Waals surface area (Å²) in [6, 6.07) is 10.1. The third-order valence-corrected chi connectivity index (χ3v) is 2.34. The molecule has 1 aromatic heterocycles. The maximum absolute atomic E-state index is 10.9. The number of carboxylic acids is 2. The minimum absolute atomic E-state index is 0.103. The van der Waals surface area contributed by atoms with Crippen molar-refractivity contribution in [1.82, 2.24) is 0 Å². The molecule has 0 aliphatic heterocycles. The quantitative estimate of drug-likeness (QED) is 0.857. The zero-order valence-electron chi connectivity index (χ0n) is 9.70. The first-order chi connectivity index (χ1) is 9.08. The van der Waals surface area contributed by atoms with Crippen molar-refractivity contribution in [2.75, 3.05) is 0 Å². The SMILES string of the molecule is O=C(O)c1cc(OCc2ccccc2)c(C(=O)O)o1. The summed E-state index contributed by atoms with van der Waals surface area (Å²) in [4.78, 5) is 21.6. The van der Waals surface area contributed by atoms with Gasteiger partial charge in [0.25, 0.3) is 5.76 Å². The van der Waals surface area contributed by atoms with Crippen LogP contribution in [0.1, 0.15) is 26.7 Å². The summed E-state index contributed by atoms with van der Waals surface area (Å²) >= 11 is 0. The average molecular weight is 262 g/mol. The number of hydrogen-bond donors (Lipinski definition) is 2. The van der Waals surface area contributed by atoms with Crippen molar-refractivity contribution < 1.29 is 29.0 Å². The fourth-order valence-electron chi connectivity index (χ4n) is 1.47. The van der Waals surface area contributed by atoms with E-state index in [1.807, 2.05) is 18.2 Å². The summed E-state index contributed by atoms with van der Waals surface area (Å²) in [5, 5.41) is 17.6. The van der Waals surface area contributed by atoms with Crippen LogP contribution in [-0.2, 0) is 6.61 Å². The average Bonchev–Trinajstić information content (AvgIpc) is 2.82. The molecule has 2 N–H and O–H groups in total. The highest BCUT2D eigenvalue weighted by Gasteiger charge is 2.22. The van der Waals surface area contributed by atoms with Crippen LogP contribution < -0.4 is 4.74 Å². The molecule has 0 spiro atoms. The molecule has 2 rings (SSSR count). The summed E-state index contributed by atoms with van der Waals surface area (Å²) in [6.45, 7) is 0.125. The van der Waals surface area contributed by atoms with Crippen molar-refractivity contribution in [2.24, 2.45) is 0 Å². The fraction of sp³-hybridized carbons (Fsp3) is 0.0769. The van der Waals surface area contributed by atoms with Crippen LogP contribution in [-0.4, -0.2) is 22.2 Å². The summed E-state index contributed by atoms with van der Waals surface area (Å²) < 4.78 is 9.98. The number of aromatic carboxylic acids is 2. The number of carbonyl (C=O) groups is 2. The molecule has 0 aliphatic carbocycles. The Morgan fingerprint density at radius 3 is 2.37 bits per heavy atom. The largest absolute Gasteiger partial charge is 0.485 e. The third-order valence-electron chi connectivity index (χ3n) is 2.34. The van der Waals surface area contributed by atoms with E-state index in [4.69, 9.17) is 19.4 Å². The van der Waals surface area contributed by atoms with E-state index >= 15 is 0 Å². The Morgan fingerprint density at radius 2 is 1.79 bits per heavy atom. The highest BCUT2D eigenvalue weighted by atomic mass is 16.5. The first-order valence-corrected chi connectivity index (χ1v) is 5.35. The molecule has 0 radical (unpaired) electrons. The van der Waals surface area contributed by atoms with Gasteiger partial charge in [-0.15, -0.1) is 0 Å². The fourth-order valence-corrected chi connectivity index (χ4v) is 1.47. The Kier molecular flexibility index (Phi) is 3.51. The number of rotatable bonds is 5. The lowest BCUT2D eigenvalue weighted by atomic mass is 10.2. The van der Waals surface area contributed by atoms with E-state index in [9.17, 15) is 9.59 Å². The van der Waals surface area contributed by atoms with Crippen molar-refractivity contribution in [2.45, 2.75) is 6.61 Å². The van der Waals surface area contributed by atoms with E-state index in [0.717, 1.165) is 11.6 Å². The van der Waals surface area contributed by atoms with E-state index in [1.54, 1.807) is 12.1 Å². The molecular formula is C13H10O6. The summed E-state index contributed by atoms with van der Waals surface area (Å²) in [6.07, 6.45) is 0. The Morgan fingerprint density at radius 1 is 1.11 bits per heavy atom. The maximum atomic E-state index is 10.9. The monoisotopic (exact) mass is 262 g/mol. The standard InChI is InChI=1S/C13H10O6/c14-12(15)10-6-9(11(19-10)13(16)17)18-7-8-4-2-1-3-5-8/h1-6H,7H2,(H,14,15)(H,16,17). The number of carboxylic acid groups (broad SMARTS) is 2. The van der Waals surface area contributed by atoms with Crippen molar-refractivity contribution >= 4 is 11.9 Å². The molecule has 19 heavy (non-hydrogen) atoms. The van der Waals surface area contributed by atoms with Gasteiger partial charge in [0, 0.05) is 6.07 Å². The van der Waals surface area contributed by atoms with E-state index in [2.05, 4.69) is 0 Å². The van der Waals surface area contributed by atoms with Gasteiger partial charge in [-0.2, -0.15) is 0 Å². The van der Waals surface area contributed by atoms with E-state index in [0.29, 0.717) is 0 Å². The Bertz CT molecular complexity index is 599. The van der Waals surface area contributed by atoms with Crippen LogP contribution in [0.2, 0.25) is 0 Å². The normalized spacial score (nSPS) is 10.1. The zero-order chi connectivity index (χ0) is 13.8. The van der Waals surface area contributed by atoms with Gasteiger partial charge < -0.3 is 19.4 Å². The van der Waals surface area contributed by atoms with Gasteiger partial charge in [0.1, 0.15) is 6.61 Å². The van der Waals surface area contributed by atoms with Crippen molar-refractivity contribution in [1.29, 1.82) is 0 Å². The molecule has 0 fully saturated rings. The molecule has 0 atom stereocenters. The van der Waals surface area contributed by atoms with Crippen LogP contribution >= 0.6 is 0 Å². The molecule has 0 amide bonds. The smallest absolute Gasteiger partial charge is 0.375 e. The number of ether oxygens (including phenoxy) is 1. The molecule has 1 heterocycles. The third kappa shape index (κ3) is 2.92. The van der Waals surface area contributed by atoms with Crippen LogP contribution in [0.25, 0.3) is 0 Å². The Balaban J connectivity index is 2.19. The topological polar surface area (TPSA) is 97.0 Å². The molecule has 2 aromatic rings. The lowest BCUT2D eigenvalue weighted by molar-refractivity contribution is 0.0628. The Labute approximate surface area is 107 Å².